The van der Waals surface area contributed by atoms with Crippen molar-refractivity contribution in [2.24, 2.45) is 17.2 Å². The van der Waals surface area contributed by atoms with Gasteiger partial charge < -0.3 is 47.1 Å². The molecule has 124 valence electrons. The summed E-state index contributed by atoms with van der Waals surface area (Å²) in [4.78, 5) is 0. The third kappa shape index (κ3) is 3.52. The van der Waals surface area contributed by atoms with Crippen LogP contribution in [0.2, 0.25) is 0 Å². The Balaban J connectivity index is 2.00. The zero-order valence-electron chi connectivity index (χ0n) is 11.7. The maximum atomic E-state index is 10.0. The summed E-state index contributed by atoms with van der Waals surface area (Å²) in [7, 11) is 0. The summed E-state index contributed by atoms with van der Waals surface area (Å²) in [6.45, 7) is 0.0187. The van der Waals surface area contributed by atoms with Gasteiger partial charge in [-0.25, -0.2) is 0 Å². The molecule has 2 rings (SSSR count). The summed E-state index contributed by atoms with van der Waals surface area (Å²) >= 11 is 0. The van der Waals surface area contributed by atoms with Crippen molar-refractivity contribution in [1.29, 1.82) is 0 Å². The van der Waals surface area contributed by atoms with Gasteiger partial charge in [0.15, 0.2) is 6.29 Å². The molecule has 0 aromatic carbocycles. The van der Waals surface area contributed by atoms with Crippen LogP contribution in [-0.2, 0) is 9.47 Å². The molecule has 1 saturated carbocycles. The summed E-state index contributed by atoms with van der Waals surface area (Å²) in [5, 5.41) is 39.3. The first-order chi connectivity index (χ1) is 9.85. The Morgan fingerprint density at radius 1 is 0.952 bits per heavy atom. The molecule has 1 saturated heterocycles. The van der Waals surface area contributed by atoms with E-state index in [1.165, 1.54) is 0 Å². The quantitative estimate of drug-likeness (QED) is 0.273. The van der Waals surface area contributed by atoms with Gasteiger partial charge in [-0.15, -0.1) is 0 Å². The number of aliphatic hydroxyl groups excluding tert-OH is 4. The summed E-state index contributed by atoms with van der Waals surface area (Å²) in [5.41, 5.74) is 17.0. The number of aliphatic hydroxyl groups is 4. The number of nitrogens with two attached hydrogens (primary N) is 3. The van der Waals surface area contributed by atoms with Gasteiger partial charge in [0.1, 0.15) is 24.4 Å². The Kier molecular flexibility index (Phi) is 5.52. The highest BCUT2D eigenvalue weighted by atomic mass is 16.7. The van der Waals surface area contributed by atoms with Crippen molar-refractivity contribution in [3.63, 3.8) is 0 Å². The van der Waals surface area contributed by atoms with E-state index >= 15 is 0 Å². The van der Waals surface area contributed by atoms with Gasteiger partial charge in [-0.2, -0.15) is 0 Å². The second-order valence-electron chi connectivity index (χ2n) is 5.78. The first-order valence-corrected chi connectivity index (χ1v) is 7.09. The van der Waals surface area contributed by atoms with Crippen LogP contribution in [0.1, 0.15) is 12.8 Å². The smallest absolute Gasteiger partial charge is 0.161 e. The fourth-order valence-corrected chi connectivity index (χ4v) is 2.84. The highest BCUT2D eigenvalue weighted by Gasteiger charge is 2.44. The molecule has 9 atom stereocenters. The lowest BCUT2D eigenvalue weighted by molar-refractivity contribution is -0.280. The Hall–Kier alpha value is -0.360. The average Bonchev–Trinajstić information content (AvgIpc) is 2.44. The fourth-order valence-electron chi connectivity index (χ4n) is 2.84. The minimum Gasteiger partial charge on any atom is -0.390 e. The van der Waals surface area contributed by atoms with Gasteiger partial charge in [0.25, 0.3) is 0 Å². The Morgan fingerprint density at radius 3 is 2.24 bits per heavy atom. The van der Waals surface area contributed by atoms with Gasteiger partial charge in [-0.05, 0) is 6.42 Å². The van der Waals surface area contributed by atoms with Crippen molar-refractivity contribution >= 4 is 0 Å². The Morgan fingerprint density at radius 2 is 1.62 bits per heavy atom. The molecule has 0 unspecified atom stereocenters. The second kappa shape index (κ2) is 6.82. The number of rotatable bonds is 3. The normalized spacial score (nSPS) is 51.9. The van der Waals surface area contributed by atoms with Crippen LogP contribution in [0.5, 0.6) is 0 Å². The molecule has 21 heavy (non-hydrogen) atoms. The topological polar surface area (TPSA) is 177 Å². The molecule has 0 spiro atoms. The van der Waals surface area contributed by atoms with Gasteiger partial charge in [-0.3, -0.25) is 0 Å². The van der Waals surface area contributed by atoms with Crippen molar-refractivity contribution in [3.05, 3.63) is 0 Å². The Labute approximate surface area is 122 Å². The molecule has 9 heteroatoms. The van der Waals surface area contributed by atoms with Crippen LogP contribution in [0, 0.1) is 0 Å². The summed E-state index contributed by atoms with van der Waals surface area (Å²) in [6, 6.07) is -1.19. The number of hydrogen-bond donors (Lipinski definition) is 7. The van der Waals surface area contributed by atoms with Crippen LogP contribution in [0.25, 0.3) is 0 Å². The monoisotopic (exact) mass is 307 g/mol. The van der Waals surface area contributed by atoms with Gasteiger partial charge in [0.05, 0.1) is 12.2 Å². The minimum atomic E-state index is -1.24. The molecule has 0 aromatic rings. The van der Waals surface area contributed by atoms with E-state index in [9.17, 15) is 20.4 Å². The molecule has 1 aliphatic carbocycles. The minimum absolute atomic E-state index is 0.0187. The number of ether oxygens (including phenoxy) is 2. The molecule has 0 amide bonds. The van der Waals surface area contributed by atoms with Crippen molar-refractivity contribution in [3.8, 4) is 0 Å². The van der Waals surface area contributed by atoms with Crippen molar-refractivity contribution in [2.75, 3.05) is 6.54 Å². The van der Waals surface area contributed by atoms with E-state index in [0.29, 0.717) is 6.42 Å². The average molecular weight is 307 g/mol. The van der Waals surface area contributed by atoms with Crippen LogP contribution < -0.4 is 17.2 Å². The standard InChI is InChI=1S/C12H25N3O6/c13-3-7-10(18)6(16)2-8(20-7)21-12-5(15)1-4(14)9(17)11(12)19/h4-12,16-19H,1-3,13-15H2/t4-,5+,6-,7-,8-,9+,10+,11-,12-/m1/s1. The SMILES string of the molecule is NC[C@H]1O[C@H](O[C@H]2[C@H](O)[C@@H](O)[C@H](N)C[C@@H]2N)C[C@@H](O)[C@@H]1O. The third-order valence-corrected chi connectivity index (χ3v) is 4.17. The van der Waals surface area contributed by atoms with Crippen LogP contribution in [0.3, 0.4) is 0 Å². The van der Waals surface area contributed by atoms with Gasteiger partial charge in [0, 0.05) is 25.0 Å². The van der Waals surface area contributed by atoms with Crippen LogP contribution in [-0.4, -0.2) is 82.0 Å². The lowest BCUT2D eigenvalue weighted by Crippen LogP contribution is -2.63. The first-order valence-electron chi connectivity index (χ1n) is 7.09. The summed E-state index contributed by atoms with van der Waals surface area (Å²) in [6.07, 6.45) is -6.69. The van der Waals surface area contributed by atoms with E-state index in [4.69, 9.17) is 26.7 Å². The lowest BCUT2D eigenvalue weighted by atomic mass is 9.84. The maximum Gasteiger partial charge on any atom is 0.161 e. The van der Waals surface area contributed by atoms with Crippen LogP contribution >= 0.6 is 0 Å². The zero-order chi connectivity index (χ0) is 15.7. The van der Waals surface area contributed by atoms with Crippen LogP contribution in [0.4, 0.5) is 0 Å². The second-order valence-corrected chi connectivity index (χ2v) is 5.78. The molecule has 0 radical (unpaired) electrons. The van der Waals surface area contributed by atoms with E-state index in [1.54, 1.807) is 0 Å². The number of hydrogen-bond acceptors (Lipinski definition) is 9. The molecular weight excluding hydrogens is 282 g/mol. The predicted octanol–water partition coefficient (Wildman–Crippen LogP) is -4.05. The molecule has 10 N–H and O–H groups in total. The van der Waals surface area contributed by atoms with Crippen LogP contribution in [0.15, 0.2) is 0 Å². The fraction of sp³-hybridized carbons (Fsp3) is 1.00. The molecule has 1 heterocycles. The molecule has 2 aliphatic rings. The third-order valence-electron chi connectivity index (χ3n) is 4.17. The molecule has 0 aromatic heterocycles. The Bertz CT molecular complexity index is 349. The lowest BCUT2D eigenvalue weighted by Gasteiger charge is -2.43. The zero-order valence-corrected chi connectivity index (χ0v) is 11.7. The first kappa shape index (κ1) is 17.0. The van der Waals surface area contributed by atoms with E-state index in [-0.39, 0.29) is 13.0 Å². The van der Waals surface area contributed by atoms with Crippen molar-refractivity contribution < 1.29 is 29.9 Å². The predicted molar refractivity (Wildman–Crippen MR) is 71.8 cm³/mol. The van der Waals surface area contributed by atoms with Crippen molar-refractivity contribution in [1.82, 2.24) is 0 Å². The largest absolute Gasteiger partial charge is 0.390 e. The van der Waals surface area contributed by atoms with E-state index in [2.05, 4.69) is 0 Å². The van der Waals surface area contributed by atoms with Gasteiger partial charge in [0.2, 0.25) is 0 Å². The van der Waals surface area contributed by atoms with Crippen molar-refractivity contribution in [2.45, 2.75) is 67.8 Å². The summed E-state index contributed by atoms with van der Waals surface area (Å²) in [5.74, 6) is 0. The van der Waals surface area contributed by atoms with Gasteiger partial charge in [-0.1, -0.05) is 0 Å². The molecule has 9 nitrogen and oxygen atoms in total. The van der Waals surface area contributed by atoms with E-state index < -0.39 is 55.0 Å². The highest BCUT2D eigenvalue weighted by Crippen LogP contribution is 2.27. The molecule has 0 bridgehead atoms. The van der Waals surface area contributed by atoms with E-state index in [1.807, 2.05) is 0 Å². The van der Waals surface area contributed by atoms with E-state index in [0.717, 1.165) is 0 Å². The molecule has 1 aliphatic heterocycles. The molecule has 2 fully saturated rings. The highest BCUT2D eigenvalue weighted by molar-refractivity contribution is 4.98. The van der Waals surface area contributed by atoms with Gasteiger partial charge >= 0.3 is 0 Å². The summed E-state index contributed by atoms with van der Waals surface area (Å²) < 4.78 is 11.0. The maximum absolute atomic E-state index is 10.0. The molecular formula is C12H25N3O6.